The monoisotopic (exact) mass is 303 g/mol. The lowest BCUT2D eigenvalue weighted by Crippen LogP contribution is -2.57. The van der Waals surface area contributed by atoms with Gasteiger partial charge in [0.15, 0.2) is 0 Å². The van der Waals surface area contributed by atoms with E-state index in [9.17, 15) is 8.42 Å². The number of piperidine rings is 1. The Bertz CT molecular complexity index is 399. The molecule has 0 saturated carbocycles. The minimum absolute atomic E-state index is 0.329. The molecule has 1 N–H and O–H groups in total. The normalized spacial score (nSPS) is 27.2. The molecule has 0 spiro atoms. The zero-order valence-electron chi connectivity index (χ0n) is 12.8. The van der Waals surface area contributed by atoms with Crippen molar-refractivity contribution in [3.8, 4) is 0 Å². The fourth-order valence-electron chi connectivity index (χ4n) is 3.20. The maximum atomic E-state index is 12.6. The smallest absolute Gasteiger partial charge is 0.218 e. The first-order chi connectivity index (χ1) is 9.55. The van der Waals surface area contributed by atoms with E-state index >= 15 is 0 Å². The zero-order chi connectivity index (χ0) is 14.6. The molecule has 0 aromatic rings. The Morgan fingerprint density at radius 2 is 2.05 bits per heavy atom. The van der Waals surface area contributed by atoms with Crippen molar-refractivity contribution in [2.24, 2.45) is 0 Å². The SMILES string of the molecule is CCCNCC(C)S(=O)(=O)N1CCN2CCCCC2C1. The molecule has 5 nitrogen and oxygen atoms in total. The summed E-state index contributed by atoms with van der Waals surface area (Å²) in [5, 5.41) is 2.89. The molecule has 2 aliphatic heterocycles. The minimum atomic E-state index is -3.15. The number of hydrogen-bond acceptors (Lipinski definition) is 4. The first kappa shape index (κ1) is 16.2. The molecular weight excluding hydrogens is 274 g/mol. The second-order valence-electron chi connectivity index (χ2n) is 6.10. The van der Waals surface area contributed by atoms with Gasteiger partial charge in [0.25, 0.3) is 0 Å². The van der Waals surface area contributed by atoms with Gasteiger partial charge in [-0.2, -0.15) is 4.31 Å². The van der Waals surface area contributed by atoms with Crippen molar-refractivity contribution in [2.75, 3.05) is 39.3 Å². The maximum Gasteiger partial charge on any atom is 0.218 e. The summed E-state index contributed by atoms with van der Waals surface area (Å²) in [6, 6.07) is 0.447. The van der Waals surface area contributed by atoms with Gasteiger partial charge in [-0.1, -0.05) is 13.3 Å². The Morgan fingerprint density at radius 1 is 1.25 bits per heavy atom. The highest BCUT2D eigenvalue weighted by Gasteiger charge is 2.36. The highest BCUT2D eigenvalue weighted by Crippen LogP contribution is 2.23. The molecule has 2 unspecified atom stereocenters. The molecule has 2 rings (SSSR count). The molecular formula is C14H29N3O2S. The van der Waals surface area contributed by atoms with Crippen molar-refractivity contribution in [1.29, 1.82) is 0 Å². The Kier molecular flexibility index (Phi) is 5.84. The van der Waals surface area contributed by atoms with Crippen LogP contribution in [0, 0.1) is 0 Å². The lowest BCUT2D eigenvalue weighted by molar-refractivity contribution is 0.0848. The van der Waals surface area contributed by atoms with E-state index in [0.29, 0.717) is 25.7 Å². The summed E-state index contributed by atoms with van der Waals surface area (Å²) in [6.07, 6.45) is 4.69. The first-order valence-electron chi connectivity index (χ1n) is 7.99. The largest absolute Gasteiger partial charge is 0.315 e. The highest BCUT2D eigenvalue weighted by molar-refractivity contribution is 7.89. The van der Waals surface area contributed by atoms with Gasteiger partial charge in [-0.05, 0) is 39.3 Å². The van der Waals surface area contributed by atoms with E-state index < -0.39 is 10.0 Å². The van der Waals surface area contributed by atoms with Crippen molar-refractivity contribution in [3.05, 3.63) is 0 Å². The van der Waals surface area contributed by atoms with Gasteiger partial charge in [0.2, 0.25) is 10.0 Å². The van der Waals surface area contributed by atoms with Crippen LogP contribution in [0.4, 0.5) is 0 Å². The molecule has 0 bridgehead atoms. The van der Waals surface area contributed by atoms with Crippen LogP contribution in [0.1, 0.15) is 39.5 Å². The standard InChI is InChI=1S/C14H29N3O2S/c1-3-7-15-11-13(2)20(18,19)17-10-9-16-8-5-4-6-14(16)12-17/h13-15H,3-12H2,1-2H3. The van der Waals surface area contributed by atoms with Gasteiger partial charge in [0.05, 0.1) is 5.25 Å². The number of nitrogens with zero attached hydrogens (tertiary/aromatic N) is 2. The van der Waals surface area contributed by atoms with Crippen LogP contribution in [0.25, 0.3) is 0 Å². The summed E-state index contributed by atoms with van der Waals surface area (Å²) in [6.45, 7) is 8.76. The minimum Gasteiger partial charge on any atom is -0.315 e. The molecule has 118 valence electrons. The van der Waals surface area contributed by atoms with Gasteiger partial charge >= 0.3 is 0 Å². The molecule has 2 fully saturated rings. The molecule has 0 amide bonds. The van der Waals surface area contributed by atoms with Crippen LogP contribution in [0.2, 0.25) is 0 Å². The number of hydrogen-bond donors (Lipinski definition) is 1. The second kappa shape index (κ2) is 7.20. The van der Waals surface area contributed by atoms with E-state index in [0.717, 1.165) is 32.5 Å². The molecule has 0 aliphatic carbocycles. The average Bonchev–Trinajstić information content (AvgIpc) is 2.46. The van der Waals surface area contributed by atoms with Crippen LogP contribution in [-0.4, -0.2) is 68.2 Å². The lowest BCUT2D eigenvalue weighted by Gasteiger charge is -2.44. The van der Waals surface area contributed by atoms with E-state index in [-0.39, 0.29) is 5.25 Å². The van der Waals surface area contributed by atoms with E-state index in [1.807, 2.05) is 6.92 Å². The summed E-state index contributed by atoms with van der Waals surface area (Å²) in [4.78, 5) is 2.47. The third-order valence-electron chi connectivity index (χ3n) is 4.53. The van der Waals surface area contributed by atoms with E-state index in [1.165, 1.54) is 12.8 Å². The molecule has 0 aromatic heterocycles. The lowest BCUT2D eigenvalue weighted by atomic mass is 10.0. The molecule has 6 heteroatoms. The van der Waals surface area contributed by atoms with Crippen LogP contribution >= 0.6 is 0 Å². The number of fused-ring (bicyclic) bond motifs is 1. The summed E-state index contributed by atoms with van der Waals surface area (Å²) < 4.78 is 27.0. The molecule has 2 heterocycles. The van der Waals surface area contributed by atoms with E-state index in [1.54, 1.807) is 4.31 Å². The predicted octanol–water partition coefficient (Wildman–Crippen LogP) is 0.874. The van der Waals surface area contributed by atoms with Crippen LogP contribution in [0.5, 0.6) is 0 Å². The molecule has 20 heavy (non-hydrogen) atoms. The Morgan fingerprint density at radius 3 is 2.80 bits per heavy atom. The van der Waals surface area contributed by atoms with Crippen LogP contribution in [0.3, 0.4) is 0 Å². The second-order valence-corrected chi connectivity index (χ2v) is 8.45. The van der Waals surface area contributed by atoms with E-state index in [2.05, 4.69) is 17.1 Å². The number of piperazine rings is 1. The van der Waals surface area contributed by atoms with Gasteiger partial charge in [0.1, 0.15) is 0 Å². The molecule has 2 saturated heterocycles. The van der Waals surface area contributed by atoms with Gasteiger partial charge in [-0.25, -0.2) is 8.42 Å². The summed E-state index contributed by atoms with van der Waals surface area (Å²) in [7, 11) is -3.15. The summed E-state index contributed by atoms with van der Waals surface area (Å²) in [5.74, 6) is 0. The highest BCUT2D eigenvalue weighted by atomic mass is 32.2. The number of rotatable bonds is 6. The fourth-order valence-corrected chi connectivity index (χ4v) is 4.75. The van der Waals surface area contributed by atoms with Crippen LogP contribution in [0.15, 0.2) is 0 Å². The predicted molar refractivity (Wildman–Crippen MR) is 82.3 cm³/mol. The Hall–Kier alpha value is -0.170. The Labute approximate surface area is 123 Å². The van der Waals surface area contributed by atoms with Gasteiger partial charge in [-0.3, -0.25) is 4.90 Å². The van der Waals surface area contributed by atoms with Crippen molar-refractivity contribution < 1.29 is 8.42 Å². The quantitative estimate of drug-likeness (QED) is 0.740. The van der Waals surface area contributed by atoms with Crippen molar-refractivity contribution >= 4 is 10.0 Å². The van der Waals surface area contributed by atoms with Crippen molar-refractivity contribution in [3.63, 3.8) is 0 Å². The molecule has 2 atom stereocenters. The van der Waals surface area contributed by atoms with Crippen LogP contribution < -0.4 is 5.32 Å². The van der Waals surface area contributed by atoms with Gasteiger partial charge in [0, 0.05) is 32.2 Å². The molecule has 0 radical (unpaired) electrons. The first-order valence-corrected chi connectivity index (χ1v) is 9.49. The van der Waals surface area contributed by atoms with Gasteiger partial charge in [-0.15, -0.1) is 0 Å². The molecule has 2 aliphatic rings. The topological polar surface area (TPSA) is 52.7 Å². The van der Waals surface area contributed by atoms with Crippen LogP contribution in [-0.2, 0) is 10.0 Å². The van der Waals surface area contributed by atoms with Crippen molar-refractivity contribution in [2.45, 2.75) is 50.8 Å². The summed E-state index contributed by atoms with van der Waals surface area (Å²) in [5.41, 5.74) is 0. The maximum absolute atomic E-state index is 12.6. The molecule has 0 aromatic carbocycles. The van der Waals surface area contributed by atoms with Gasteiger partial charge < -0.3 is 5.32 Å². The number of sulfonamides is 1. The van der Waals surface area contributed by atoms with E-state index in [4.69, 9.17) is 0 Å². The average molecular weight is 303 g/mol. The fraction of sp³-hybridized carbons (Fsp3) is 1.00. The van der Waals surface area contributed by atoms with Crippen molar-refractivity contribution in [1.82, 2.24) is 14.5 Å². The third-order valence-corrected chi connectivity index (χ3v) is 6.76. The third kappa shape index (κ3) is 3.72. The number of nitrogens with one attached hydrogen (secondary N) is 1. The Balaban J connectivity index is 1.92. The summed E-state index contributed by atoms with van der Waals surface area (Å²) >= 11 is 0. The zero-order valence-corrected chi connectivity index (χ0v) is 13.7.